The van der Waals surface area contributed by atoms with Crippen LogP contribution in [0.1, 0.15) is 28.4 Å². The molecule has 5 nitrogen and oxygen atoms in total. The molecular weight excluding hydrogens is 264 g/mol. The molecule has 1 aromatic heterocycles. The van der Waals surface area contributed by atoms with Gasteiger partial charge in [-0.1, -0.05) is 6.58 Å². The summed E-state index contributed by atoms with van der Waals surface area (Å²) in [5, 5.41) is 10.3. The van der Waals surface area contributed by atoms with Gasteiger partial charge >= 0.3 is 0 Å². The molecular formula is C16H20N4O. The number of hydrogen-bond donors (Lipinski definition) is 2. The molecule has 0 radical (unpaired) electrons. The number of anilines is 1. The van der Waals surface area contributed by atoms with Crippen LogP contribution < -0.4 is 10.6 Å². The molecule has 0 saturated carbocycles. The molecule has 1 heterocycles. The zero-order valence-corrected chi connectivity index (χ0v) is 12.4. The van der Waals surface area contributed by atoms with E-state index < -0.39 is 0 Å². The van der Waals surface area contributed by atoms with Crippen LogP contribution in [0.5, 0.6) is 0 Å². The standard InChI is InChI=1S/C16H20N4O/c1-4-17-16(21)14-6-7-15(12(3)8-14)18-9-13-10-19-20(5-2)11-13/h5-8,10-11,18H,2,4,9H2,1,3H3,(H,17,21). The van der Waals surface area contributed by atoms with Crippen LogP contribution in [-0.4, -0.2) is 22.2 Å². The molecule has 0 aliphatic carbocycles. The summed E-state index contributed by atoms with van der Waals surface area (Å²) in [7, 11) is 0. The van der Waals surface area contributed by atoms with E-state index in [2.05, 4.69) is 22.3 Å². The van der Waals surface area contributed by atoms with Crippen molar-refractivity contribution in [2.24, 2.45) is 0 Å². The van der Waals surface area contributed by atoms with Crippen LogP contribution in [0.4, 0.5) is 5.69 Å². The van der Waals surface area contributed by atoms with Gasteiger partial charge in [-0.15, -0.1) is 0 Å². The molecule has 0 bridgehead atoms. The third-order valence-corrected chi connectivity index (χ3v) is 3.15. The summed E-state index contributed by atoms with van der Waals surface area (Å²) in [4.78, 5) is 11.8. The molecule has 1 aromatic carbocycles. The van der Waals surface area contributed by atoms with E-state index >= 15 is 0 Å². The lowest BCUT2D eigenvalue weighted by Crippen LogP contribution is -2.22. The third-order valence-electron chi connectivity index (χ3n) is 3.15. The summed E-state index contributed by atoms with van der Waals surface area (Å²) < 4.78 is 1.67. The van der Waals surface area contributed by atoms with Gasteiger partial charge in [-0.3, -0.25) is 4.79 Å². The average Bonchev–Trinajstić information content (AvgIpc) is 2.94. The smallest absolute Gasteiger partial charge is 0.251 e. The normalized spacial score (nSPS) is 10.2. The SMILES string of the molecule is C=Cn1cc(CNc2ccc(C(=O)NCC)cc2C)cn1. The zero-order valence-electron chi connectivity index (χ0n) is 12.4. The summed E-state index contributed by atoms with van der Waals surface area (Å²) in [5.74, 6) is -0.0422. The maximum absolute atomic E-state index is 11.8. The molecule has 1 amide bonds. The van der Waals surface area contributed by atoms with Crippen molar-refractivity contribution >= 4 is 17.8 Å². The Bertz CT molecular complexity index is 645. The second-order valence-corrected chi connectivity index (χ2v) is 4.75. The average molecular weight is 284 g/mol. The van der Waals surface area contributed by atoms with E-state index in [1.165, 1.54) is 0 Å². The van der Waals surface area contributed by atoms with Gasteiger partial charge in [0.15, 0.2) is 0 Å². The monoisotopic (exact) mass is 284 g/mol. The Balaban J connectivity index is 2.03. The van der Waals surface area contributed by atoms with Gasteiger partial charge in [-0.25, -0.2) is 4.68 Å². The first-order valence-corrected chi connectivity index (χ1v) is 6.92. The predicted molar refractivity (Wildman–Crippen MR) is 85.1 cm³/mol. The largest absolute Gasteiger partial charge is 0.381 e. The molecule has 21 heavy (non-hydrogen) atoms. The lowest BCUT2D eigenvalue weighted by Gasteiger charge is -2.10. The number of carbonyl (C=O) groups excluding carboxylic acids is 1. The van der Waals surface area contributed by atoms with E-state index in [4.69, 9.17) is 0 Å². The molecule has 0 saturated heterocycles. The lowest BCUT2D eigenvalue weighted by molar-refractivity contribution is 0.0956. The fourth-order valence-corrected chi connectivity index (χ4v) is 2.03. The number of aryl methyl sites for hydroxylation is 1. The molecule has 2 N–H and O–H groups in total. The van der Waals surface area contributed by atoms with Gasteiger partial charge in [0.2, 0.25) is 0 Å². The van der Waals surface area contributed by atoms with Gasteiger partial charge in [-0.2, -0.15) is 5.10 Å². The highest BCUT2D eigenvalue weighted by Crippen LogP contribution is 2.17. The number of amides is 1. The van der Waals surface area contributed by atoms with E-state index in [1.807, 2.05) is 38.2 Å². The highest BCUT2D eigenvalue weighted by Gasteiger charge is 2.06. The van der Waals surface area contributed by atoms with Gasteiger partial charge in [-0.05, 0) is 37.6 Å². The maximum Gasteiger partial charge on any atom is 0.251 e. The topological polar surface area (TPSA) is 59.0 Å². The Kier molecular flexibility index (Phi) is 4.77. The molecule has 0 aliphatic rings. The molecule has 0 aliphatic heterocycles. The molecule has 0 unspecified atom stereocenters. The molecule has 0 fully saturated rings. The van der Waals surface area contributed by atoms with E-state index in [0.717, 1.165) is 16.8 Å². The predicted octanol–water partition coefficient (Wildman–Crippen LogP) is 2.65. The molecule has 0 atom stereocenters. The summed E-state index contributed by atoms with van der Waals surface area (Å²) in [6.45, 7) is 8.86. The Morgan fingerprint density at radius 3 is 2.90 bits per heavy atom. The van der Waals surface area contributed by atoms with E-state index in [9.17, 15) is 4.79 Å². The van der Waals surface area contributed by atoms with E-state index in [1.54, 1.807) is 17.1 Å². The first-order valence-electron chi connectivity index (χ1n) is 6.92. The number of nitrogens with zero attached hydrogens (tertiary/aromatic N) is 2. The number of aromatic nitrogens is 2. The quantitative estimate of drug-likeness (QED) is 0.857. The Morgan fingerprint density at radius 2 is 2.29 bits per heavy atom. The van der Waals surface area contributed by atoms with Crippen LogP contribution in [0.3, 0.4) is 0 Å². The van der Waals surface area contributed by atoms with Gasteiger partial charge in [0, 0.05) is 42.3 Å². The number of benzene rings is 1. The molecule has 110 valence electrons. The second kappa shape index (κ2) is 6.74. The Labute approximate surface area is 124 Å². The van der Waals surface area contributed by atoms with Gasteiger partial charge in [0.25, 0.3) is 5.91 Å². The van der Waals surface area contributed by atoms with Crippen molar-refractivity contribution in [2.45, 2.75) is 20.4 Å². The highest BCUT2D eigenvalue weighted by atomic mass is 16.1. The Morgan fingerprint density at radius 1 is 1.48 bits per heavy atom. The van der Waals surface area contributed by atoms with Crippen LogP contribution in [0.25, 0.3) is 6.20 Å². The third kappa shape index (κ3) is 3.72. The van der Waals surface area contributed by atoms with Crippen LogP contribution in [0.15, 0.2) is 37.2 Å². The highest BCUT2D eigenvalue weighted by molar-refractivity contribution is 5.94. The minimum absolute atomic E-state index is 0.0422. The minimum atomic E-state index is -0.0422. The van der Waals surface area contributed by atoms with Crippen molar-refractivity contribution in [3.8, 4) is 0 Å². The number of rotatable bonds is 6. The van der Waals surface area contributed by atoms with Crippen molar-refractivity contribution in [1.82, 2.24) is 15.1 Å². The Hall–Kier alpha value is -2.56. The molecule has 2 rings (SSSR count). The van der Waals surface area contributed by atoms with Crippen LogP contribution in [0.2, 0.25) is 0 Å². The molecule has 0 spiro atoms. The fraction of sp³-hybridized carbons (Fsp3) is 0.250. The van der Waals surface area contributed by atoms with Crippen LogP contribution in [0, 0.1) is 6.92 Å². The first-order chi connectivity index (χ1) is 10.1. The summed E-state index contributed by atoms with van der Waals surface area (Å²) >= 11 is 0. The lowest BCUT2D eigenvalue weighted by atomic mass is 10.1. The van der Waals surface area contributed by atoms with Crippen molar-refractivity contribution in [3.05, 3.63) is 53.9 Å². The minimum Gasteiger partial charge on any atom is -0.381 e. The number of hydrogen-bond acceptors (Lipinski definition) is 3. The van der Waals surface area contributed by atoms with Crippen molar-refractivity contribution < 1.29 is 4.79 Å². The van der Waals surface area contributed by atoms with E-state index in [0.29, 0.717) is 18.7 Å². The van der Waals surface area contributed by atoms with Crippen LogP contribution >= 0.6 is 0 Å². The van der Waals surface area contributed by atoms with Gasteiger partial charge < -0.3 is 10.6 Å². The number of nitrogens with one attached hydrogen (secondary N) is 2. The zero-order chi connectivity index (χ0) is 15.2. The van der Waals surface area contributed by atoms with Crippen molar-refractivity contribution in [3.63, 3.8) is 0 Å². The summed E-state index contributed by atoms with van der Waals surface area (Å²) in [6.07, 6.45) is 5.36. The summed E-state index contributed by atoms with van der Waals surface area (Å²) in [5.41, 5.74) is 3.80. The second-order valence-electron chi connectivity index (χ2n) is 4.75. The van der Waals surface area contributed by atoms with Gasteiger partial charge in [0.05, 0.1) is 6.20 Å². The van der Waals surface area contributed by atoms with Crippen molar-refractivity contribution in [2.75, 3.05) is 11.9 Å². The fourth-order valence-electron chi connectivity index (χ4n) is 2.03. The number of carbonyl (C=O) groups is 1. The summed E-state index contributed by atoms with van der Waals surface area (Å²) in [6, 6.07) is 5.64. The molecule has 2 aromatic rings. The van der Waals surface area contributed by atoms with Crippen LogP contribution in [-0.2, 0) is 6.54 Å². The van der Waals surface area contributed by atoms with E-state index in [-0.39, 0.29) is 5.91 Å². The maximum atomic E-state index is 11.8. The van der Waals surface area contributed by atoms with Crippen molar-refractivity contribution in [1.29, 1.82) is 0 Å². The molecule has 5 heteroatoms. The van der Waals surface area contributed by atoms with Gasteiger partial charge in [0.1, 0.15) is 0 Å². The first kappa shape index (κ1) is 14.8.